The zero-order valence-corrected chi connectivity index (χ0v) is 16.8. The molecule has 5 nitrogen and oxygen atoms in total. The third-order valence-corrected chi connectivity index (χ3v) is 7.36. The van der Waals surface area contributed by atoms with E-state index >= 15 is 0 Å². The van der Waals surface area contributed by atoms with Gasteiger partial charge in [0, 0.05) is 11.2 Å². The minimum absolute atomic E-state index is 0.0445. The second-order valence-electron chi connectivity index (χ2n) is 7.47. The van der Waals surface area contributed by atoms with E-state index in [9.17, 15) is 22.2 Å². The van der Waals surface area contributed by atoms with Gasteiger partial charge in [-0.15, -0.1) is 0 Å². The highest BCUT2D eigenvalue weighted by Crippen LogP contribution is 2.37. The molecule has 0 aliphatic heterocycles. The van der Waals surface area contributed by atoms with E-state index in [1.54, 1.807) is 0 Å². The molecule has 1 aromatic carbocycles. The first-order valence-corrected chi connectivity index (χ1v) is 10.6. The van der Waals surface area contributed by atoms with Crippen LogP contribution in [0.1, 0.15) is 39.0 Å². The zero-order chi connectivity index (χ0) is 20.7. The minimum atomic E-state index is -4.49. The van der Waals surface area contributed by atoms with Gasteiger partial charge in [-0.2, -0.15) is 13.2 Å². The van der Waals surface area contributed by atoms with E-state index in [1.165, 1.54) is 18.2 Å². The standard InChI is InChI=1S/C18H22ClF3N2O3S/c1-10(18(20,21)22)27-12-3-5-15(14(19)9-12)28(26)13-4-2-11(8-13)16(25)24-17(23)6-7-17/h3,5,9-11,13H,2,4,6-8,23H2,1H3,(H,24,25)/t10-,11+,13+,28?/m0/s1. The van der Waals surface area contributed by atoms with Crippen LogP contribution in [0.15, 0.2) is 23.1 Å². The fourth-order valence-corrected chi connectivity index (χ4v) is 5.12. The monoisotopic (exact) mass is 438 g/mol. The lowest BCUT2D eigenvalue weighted by atomic mass is 10.1. The molecule has 2 fully saturated rings. The van der Waals surface area contributed by atoms with Crippen LogP contribution in [0.2, 0.25) is 5.02 Å². The van der Waals surface area contributed by atoms with E-state index in [4.69, 9.17) is 22.1 Å². The smallest absolute Gasteiger partial charge is 0.425 e. The molecule has 156 valence electrons. The third-order valence-electron chi connectivity index (χ3n) is 5.11. The number of amides is 1. The molecule has 3 rings (SSSR count). The van der Waals surface area contributed by atoms with Crippen LogP contribution in [0, 0.1) is 5.92 Å². The molecule has 0 heterocycles. The highest BCUT2D eigenvalue weighted by atomic mass is 35.5. The fraction of sp³-hybridized carbons (Fsp3) is 0.611. The van der Waals surface area contributed by atoms with Crippen molar-refractivity contribution in [3.63, 3.8) is 0 Å². The highest BCUT2D eigenvalue weighted by Gasteiger charge is 2.43. The van der Waals surface area contributed by atoms with Crippen molar-refractivity contribution >= 4 is 28.3 Å². The Morgan fingerprint density at radius 2 is 2.07 bits per heavy atom. The molecule has 4 atom stereocenters. The normalized spacial score (nSPS) is 25.8. The van der Waals surface area contributed by atoms with Gasteiger partial charge in [0.25, 0.3) is 0 Å². The molecule has 0 radical (unpaired) electrons. The van der Waals surface area contributed by atoms with E-state index in [1.807, 2.05) is 0 Å². The van der Waals surface area contributed by atoms with E-state index in [-0.39, 0.29) is 27.8 Å². The van der Waals surface area contributed by atoms with Gasteiger partial charge >= 0.3 is 6.18 Å². The molecule has 1 unspecified atom stereocenters. The van der Waals surface area contributed by atoms with Crippen LogP contribution in [-0.4, -0.2) is 33.3 Å². The second-order valence-corrected chi connectivity index (χ2v) is 9.58. The van der Waals surface area contributed by atoms with Gasteiger partial charge in [-0.25, -0.2) is 0 Å². The molecule has 2 saturated carbocycles. The Morgan fingerprint density at radius 1 is 1.39 bits per heavy atom. The van der Waals surface area contributed by atoms with Crippen LogP contribution in [0.25, 0.3) is 0 Å². The van der Waals surface area contributed by atoms with Gasteiger partial charge in [0.05, 0.1) is 26.4 Å². The summed E-state index contributed by atoms with van der Waals surface area (Å²) in [7, 11) is -1.47. The Balaban J connectivity index is 1.62. The molecule has 0 bridgehead atoms. The van der Waals surface area contributed by atoms with Crippen LogP contribution < -0.4 is 15.8 Å². The van der Waals surface area contributed by atoms with Crippen LogP contribution in [-0.2, 0) is 15.6 Å². The van der Waals surface area contributed by atoms with Crippen molar-refractivity contribution < 1.29 is 26.9 Å². The van der Waals surface area contributed by atoms with Crippen LogP contribution in [0.4, 0.5) is 13.2 Å². The molecular formula is C18H22ClF3N2O3S. The summed E-state index contributed by atoms with van der Waals surface area (Å²) in [4.78, 5) is 12.6. The average Bonchev–Trinajstić information content (AvgIpc) is 3.12. The van der Waals surface area contributed by atoms with E-state index in [0.717, 1.165) is 19.8 Å². The number of halogens is 4. The molecule has 28 heavy (non-hydrogen) atoms. The van der Waals surface area contributed by atoms with Crippen molar-refractivity contribution in [1.29, 1.82) is 0 Å². The van der Waals surface area contributed by atoms with Crippen molar-refractivity contribution in [3.05, 3.63) is 23.2 Å². The fourth-order valence-electron chi connectivity index (χ4n) is 3.15. The van der Waals surface area contributed by atoms with Gasteiger partial charge < -0.3 is 15.8 Å². The number of alkyl halides is 3. The van der Waals surface area contributed by atoms with E-state index in [0.29, 0.717) is 24.2 Å². The summed E-state index contributed by atoms with van der Waals surface area (Å²) < 4.78 is 55.5. The summed E-state index contributed by atoms with van der Waals surface area (Å²) in [5.74, 6) is -0.406. The molecule has 0 spiro atoms. The van der Waals surface area contributed by atoms with Crippen molar-refractivity contribution in [1.82, 2.24) is 5.32 Å². The number of hydrogen-bond donors (Lipinski definition) is 2. The highest BCUT2D eigenvalue weighted by molar-refractivity contribution is 7.85. The first-order chi connectivity index (χ1) is 13.0. The maximum absolute atomic E-state index is 12.9. The second kappa shape index (κ2) is 7.84. The van der Waals surface area contributed by atoms with Gasteiger partial charge in [0.1, 0.15) is 5.75 Å². The number of hydrogen-bond acceptors (Lipinski definition) is 4. The SMILES string of the molecule is C[C@H](Oc1ccc(S(=O)[C@@H]2CC[C@@H](C(=O)NC3(N)CC3)C2)c(Cl)c1)C(F)(F)F. The third kappa shape index (κ3) is 4.99. The van der Waals surface area contributed by atoms with E-state index < -0.39 is 28.7 Å². The lowest BCUT2D eigenvalue weighted by Crippen LogP contribution is -2.46. The lowest BCUT2D eigenvalue weighted by Gasteiger charge is -2.18. The predicted octanol–water partition coefficient (Wildman–Crippen LogP) is 3.51. The van der Waals surface area contributed by atoms with Crippen molar-refractivity contribution in [3.8, 4) is 5.75 Å². The Labute approximate surface area is 168 Å². The average molecular weight is 439 g/mol. The number of carbonyl (C=O) groups is 1. The molecule has 2 aliphatic carbocycles. The molecule has 1 aromatic rings. The molecule has 0 saturated heterocycles. The summed E-state index contributed by atoms with van der Waals surface area (Å²) in [6.45, 7) is 0.900. The number of benzene rings is 1. The van der Waals surface area contributed by atoms with Crippen molar-refractivity contribution in [2.24, 2.45) is 11.7 Å². The number of nitrogens with one attached hydrogen (secondary N) is 1. The van der Waals surface area contributed by atoms with Gasteiger partial charge in [-0.3, -0.25) is 9.00 Å². The summed E-state index contributed by atoms with van der Waals surface area (Å²) >= 11 is 6.14. The molecule has 2 aliphatic rings. The minimum Gasteiger partial charge on any atom is -0.481 e. The van der Waals surface area contributed by atoms with E-state index in [2.05, 4.69) is 5.32 Å². The maximum Gasteiger partial charge on any atom is 0.425 e. The number of rotatable bonds is 6. The van der Waals surface area contributed by atoms with Crippen LogP contribution in [0.3, 0.4) is 0 Å². The molecule has 0 aromatic heterocycles. The summed E-state index contributed by atoms with van der Waals surface area (Å²) in [6.07, 6.45) is -3.28. The van der Waals surface area contributed by atoms with Gasteiger partial charge in [-0.05, 0) is 57.2 Å². The first kappa shape index (κ1) is 21.4. The summed E-state index contributed by atoms with van der Waals surface area (Å²) in [5.41, 5.74) is 5.32. The molecule has 3 N–H and O–H groups in total. The number of ether oxygens (including phenoxy) is 1. The Hall–Kier alpha value is -1.32. The van der Waals surface area contributed by atoms with Gasteiger partial charge in [-0.1, -0.05) is 11.6 Å². The first-order valence-electron chi connectivity index (χ1n) is 9.03. The maximum atomic E-state index is 12.9. The Morgan fingerprint density at radius 3 is 2.64 bits per heavy atom. The predicted molar refractivity (Wildman–Crippen MR) is 99.4 cm³/mol. The van der Waals surface area contributed by atoms with Gasteiger partial charge in [0.15, 0.2) is 6.10 Å². The number of nitrogens with two attached hydrogens (primary N) is 1. The summed E-state index contributed by atoms with van der Waals surface area (Å²) in [5, 5.41) is 2.66. The zero-order valence-electron chi connectivity index (χ0n) is 15.2. The Bertz CT molecular complexity index is 786. The van der Waals surface area contributed by atoms with Crippen molar-refractivity contribution in [2.45, 2.75) is 67.1 Å². The lowest BCUT2D eigenvalue weighted by molar-refractivity contribution is -0.189. The quantitative estimate of drug-likeness (QED) is 0.666. The molecule has 1 amide bonds. The summed E-state index contributed by atoms with van der Waals surface area (Å²) in [6, 6.07) is 3.98. The topological polar surface area (TPSA) is 81.4 Å². The van der Waals surface area contributed by atoms with Gasteiger partial charge in [0.2, 0.25) is 5.91 Å². The van der Waals surface area contributed by atoms with Crippen LogP contribution in [0.5, 0.6) is 5.75 Å². The molecule has 10 heteroatoms. The van der Waals surface area contributed by atoms with Crippen LogP contribution >= 0.6 is 11.6 Å². The largest absolute Gasteiger partial charge is 0.481 e. The number of carbonyl (C=O) groups excluding carboxylic acids is 1. The Kier molecular flexibility index (Phi) is 5.99. The van der Waals surface area contributed by atoms with Crippen molar-refractivity contribution in [2.75, 3.05) is 0 Å². The molecular weight excluding hydrogens is 417 g/mol.